The number of aromatic hydroxyl groups is 1. The number of nitrogens with zero attached hydrogens (tertiary/aromatic N) is 1. The van der Waals surface area contributed by atoms with Crippen LogP contribution in [0.15, 0.2) is 36.5 Å². The van der Waals surface area contributed by atoms with Crippen LogP contribution >= 0.6 is 11.6 Å². The van der Waals surface area contributed by atoms with E-state index in [1.807, 2.05) is 0 Å². The molecule has 0 saturated heterocycles. The maximum atomic E-state index is 14.5. The molecule has 3 rings (SSSR count). The molecular formula is C19H16ClF2N3O3. The first-order valence-corrected chi connectivity index (χ1v) is 8.67. The van der Waals surface area contributed by atoms with Gasteiger partial charge in [-0.2, -0.15) is 0 Å². The van der Waals surface area contributed by atoms with E-state index in [-0.39, 0.29) is 36.2 Å². The predicted molar refractivity (Wildman–Crippen MR) is 102 cm³/mol. The molecular weight excluding hydrogens is 392 g/mol. The van der Waals surface area contributed by atoms with Gasteiger partial charge in [0.1, 0.15) is 28.3 Å². The van der Waals surface area contributed by atoms with Gasteiger partial charge in [0, 0.05) is 29.7 Å². The molecule has 3 aromatic rings. The first kappa shape index (κ1) is 19.8. The Hall–Kier alpha value is -2.97. The van der Waals surface area contributed by atoms with Crippen LogP contribution in [0.2, 0.25) is 5.02 Å². The van der Waals surface area contributed by atoms with Crippen molar-refractivity contribution in [1.29, 1.82) is 0 Å². The summed E-state index contributed by atoms with van der Waals surface area (Å²) < 4.78 is 28.7. The normalized spacial score (nSPS) is 10.9. The number of anilines is 1. The Balaban J connectivity index is 1.88. The van der Waals surface area contributed by atoms with E-state index in [1.165, 1.54) is 0 Å². The molecule has 146 valence electrons. The van der Waals surface area contributed by atoms with Crippen molar-refractivity contribution in [2.75, 3.05) is 18.5 Å². The van der Waals surface area contributed by atoms with E-state index in [9.17, 15) is 18.7 Å². The molecule has 1 aromatic heterocycles. The minimum absolute atomic E-state index is 0.0590. The third-order valence-electron chi connectivity index (χ3n) is 4.05. The summed E-state index contributed by atoms with van der Waals surface area (Å²) in [6, 6.07) is 7.69. The minimum atomic E-state index is -1.02. The number of aliphatic hydroxyl groups is 1. The first-order chi connectivity index (χ1) is 13.4. The van der Waals surface area contributed by atoms with E-state index in [0.29, 0.717) is 5.02 Å². The average Bonchev–Trinajstić information content (AvgIpc) is 2.68. The first-order valence-electron chi connectivity index (χ1n) is 8.29. The number of carbonyl (C=O) groups is 1. The molecule has 0 bridgehead atoms. The van der Waals surface area contributed by atoms with Gasteiger partial charge in [-0.1, -0.05) is 23.7 Å². The zero-order valence-electron chi connectivity index (χ0n) is 14.5. The molecule has 0 aliphatic carbocycles. The molecule has 0 aliphatic heterocycles. The summed E-state index contributed by atoms with van der Waals surface area (Å²) in [7, 11) is 0. The van der Waals surface area contributed by atoms with Crippen LogP contribution in [0.1, 0.15) is 15.9 Å². The van der Waals surface area contributed by atoms with Gasteiger partial charge < -0.3 is 20.8 Å². The third-order valence-corrected chi connectivity index (χ3v) is 4.30. The number of fused-ring (bicyclic) bond motifs is 1. The van der Waals surface area contributed by atoms with Gasteiger partial charge in [-0.3, -0.25) is 9.78 Å². The number of aliphatic hydroxyl groups excluding tert-OH is 1. The van der Waals surface area contributed by atoms with Gasteiger partial charge in [0.25, 0.3) is 5.91 Å². The topological polar surface area (TPSA) is 94.5 Å². The van der Waals surface area contributed by atoms with Gasteiger partial charge in [0.15, 0.2) is 5.82 Å². The van der Waals surface area contributed by atoms with Crippen LogP contribution in [-0.2, 0) is 6.54 Å². The molecule has 6 nitrogen and oxygen atoms in total. The van der Waals surface area contributed by atoms with E-state index in [4.69, 9.17) is 16.7 Å². The molecule has 0 radical (unpaired) electrons. The Bertz CT molecular complexity index is 1030. The molecule has 28 heavy (non-hydrogen) atoms. The lowest BCUT2D eigenvalue weighted by Crippen LogP contribution is -2.23. The number of nitrogens with one attached hydrogen (secondary N) is 2. The fourth-order valence-electron chi connectivity index (χ4n) is 2.64. The molecule has 9 heteroatoms. The molecule has 0 aliphatic rings. The Morgan fingerprint density at radius 1 is 1.21 bits per heavy atom. The molecule has 0 unspecified atom stereocenters. The molecule has 1 heterocycles. The van der Waals surface area contributed by atoms with Crippen LogP contribution in [0.5, 0.6) is 5.75 Å². The van der Waals surface area contributed by atoms with Crippen LogP contribution < -0.4 is 10.6 Å². The summed E-state index contributed by atoms with van der Waals surface area (Å²) >= 11 is 5.80. The van der Waals surface area contributed by atoms with E-state index >= 15 is 0 Å². The molecule has 0 saturated carbocycles. The van der Waals surface area contributed by atoms with Gasteiger partial charge in [0.05, 0.1) is 6.61 Å². The second-order valence-electron chi connectivity index (χ2n) is 5.92. The lowest BCUT2D eigenvalue weighted by atomic mass is 10.1. The van der Waals surface area contributed by atoms with Gasteiger partial charge in [0.2, 0.25) is 0 Å². The highest BCUT2D eigenvalue weighted by Crippen LogP contribution is 2.33. The van der Waals surface area contributed by atoms with Crippen molar-refractivity contribution in [3.8, 4) is 5.75 Å². The monoisotopic (exact) mass is 407 g/mol. The highest BCUT2D eigenvalue weighted by atomic mass is 35.5. The van der Waals surface area contributed by atoms with Crippen molar-refractivity contribution < 1.29 is 23.8 Å². The van der Waals surface area contributed by atoms with Crippen LogP contribution in [0.4, 0.5) is 14.5 Å². The highest BCUT2D eigenvalue weighted by molar-refractivity contribution is 6.30. The molecule has 4 N–H and O–H groups in total. The number of carbonyl (C=O) groups excluding carboxylic acids is 1. The Kier molecular flexibility index (Phi) is 5.91. The summed E-state index contributed by atoms with van der Waals surface area (Å²) in [4.78, 5) is 16.2. The van der Waals surface area contributed by atoms with Crippen LogP contribution in [0.3, 0.4) is 0 Å². The number of halogens is 3. The second-order valence-corrected chi connectivity index (χ2v) is 6.36. The van der Waals surface area contributed by atoms with Crippen molar-refractivity contribution in [2.24, 2.45) is 0 Å². The van der Waals surface area contributed by atoms with Crippen molar-refractivity contribution in [2.45, 2.75) is 6.54 Å². The minimum Gasteiger partial charge on any atom is -0.506 e. The van der Waals surface area contributed by atoms with Crippen molar-refractivity contribution in [3.05, 3.63) is 64.3 Å². The summed E-state index contributed by atoms with van der Waals surface area (Å²) in [6.45, 7) is -0.209. The highest BCUT2D eigenvalue weighted by Gasteiger charge is 2.21. The zero-order valence-corrected chi connectivity index (χ0v) is 15.2. The molecule has 0 spiro atoms. The van der Waals surface area contributed by atoms with Gasteiger partial charge in [-0.15, -0.1) is 0 Å². The predicted octanol–water partition coefficient (Wildman–Crippen LogP) is 3.21. The van der Waals surface area contributed by atoms with Crippen LogP contribution in [0.25, 0.3) is 10.9 Å². The second kappa shape index (κ2) is 8.37. The fourth-order valence-corrected chi connectivity index (χ4v) is 2.77. The number of amides is 1. The van der Waals surface area contributed by atoms with E-state index in [2.05, 4.69) is 15.6 Å². The standard InChI is InChI=1S/C19H16ClF2N3O3/c20-11-3-1-10(2-4-11)8-25-19(28)13-9-24-16-12(18(13)27)7-14(21)17(15(16)22)23-5-6-26/h1-4,7,9,23,26H,5-6,8H2,(H,24,27)(H,25,28). The van der Waals surface area contributed by atoms with Crippen molar-refractivity contribution in [3.63, 3.8) is 0 Å². The van der Waals surface area contributed by atoms with Gasteiger partial charge >= 0.3 is 0 Å². The fraction of sp³-hybridized carbons (Fsp3) is 0.158. The van der Waals surface area contributed by atoms with E-state index in [0.717, 1.165) is 17.8 Å². The number of aromatic nitrogens is 1. The average molecular weight is 408 g/mol. The van der Waals surface area contributed by atoms with Crippen LogP contribution in [-0.4, -0.2) is 34.3 Å². The van der Waals surface area contributed by atoms with Gasteiger partial charge in [-0.25, -0.2) is 8.78 Å². The number of hydrogen-bond donors (Lipinski definition) is 4. The quantitative estimate of drug-likeness (QED) is 0.503. The summed E-state index contributed by atoms with van der Waals surface area (Å²) in [5.74, 6) is -3.23. The smallest absolute Gasteiger partial charge is 0.256 e. The van der Waals surface area contributed by atoms with Crippen LogP contribution in [0, 0.1) is 11.6 Å². The Morgan fingerprint density at radius 2 is 1.93 bits per heavy atom. The zero-order chi connectivity index (χ0) is 20.3. The summed E-state index contributed by atoms with van der Waals surface area (Å²) in [5, 5.41) is 24.5. The number of hydrogen-bond acceptors (Lipinski definition) is 5. The Morgan fingerprint density at radius 3 is 2.61 bits per heavy atom. The molecule has 0 fully saturated rings. The summed E-state index contributed by atoms with van der Waals surface area (Å²) in [6.07, 6.45) is 1.02. The number of benzene rings is 2. The lowest BCUT2D eigenvalue weighted by Gasteiger charge is -2.12. The maximum Gasteiger partial charge on any atom is 0.256 e. The number of pyridine rings is 1. The summed E-state index contributed by atoms with van der Waals surface area (Å²) in [5.41, 5.74) is -0.194. The van der Waals surface area contributed by atoms with Crippen molar-refractivity contribution in [1.82, 2.24) is 10.3 Å². The van der Waals surface area contributed by atoms with E-state index < -0.39 is 29.0 Å². The molecule has 2 aromatic carbocycles. The number of rotatable bonds is 6. The molecule has 1 amide bonds. The Labute approximate surface area is 163 Å². The lowest BCUT2D eigenvalue weighted by molar-refractivity contribution is 0.0948. The maximum absolute atomic E-state index is 14.5. The molecule has 0 atom stereocenters. The third kappa shape index (κ3) is 3.97. The SMILES string of the molecule is O=C(NCc1ccc(Cl)cc1)c1cnc2c(F)c(NCCO)c(F)cc2c1O. The van der Waals surface area contributed by atoms with Gasteiger partial charge in [-0.05, 0) is 23.8 Å². The van der Waals surface area contributed by atoms with E-state index in [1.54, 1.807) is 24.3 Å². The largest absolute Gasteiger partial charge is 0.506 e. The van der Waals surface area contributed by atoms with Crippen molar-refractivity contribution >= 4 is 34.1 Å².